The third kappa shape index (κ3) is 4.16. The minimum atomic E-state index is 0. The molecular weight excluding hydrogens is 271 g/mol. The van der Waals surface area contributed by atoms with Gasteiger partial charge >= 0.3 is 0 Å². The number of carbonyl (C=O) groups excluding carboxylic acids is 1. The molecule has 100 valence electrons. The van der Waals surface area contributed by atoms with Crippen molar-refractivity contribution >= 4 is 35.6 Å². The Labute approximate surface area is 119 Å². The van der Waals surface area contributed by atoms with Crippen molar-refractivity contribution in [2.75, 3.05) is 11.9 Å². The second kappa shape index (κ2) is 6.98. The number of rotatable bonds is 3. The Kier molecular flexibility index (Phi) is 5.93. The van der Waals surface area contributed by atoms with Gasteiger partial charge in [0.2, 0.25) is 5.91 Å². The summed E-state index contributed by atoms with van der Waals surface area (Å²) in [5.74, 6) is 0.0457. The highest BCUT2D eigenvalue weighted by Crippen LogP contribution is 2.20. The van der Waals surface area contributed by atoms with Gasteiger partial charge in [0.1, 0.15) is 0 Å². The fourth-order valence-corrected chi connectivity index (χ4v) is 2.22. The lowest BCUT2D eigenvalue weighted by Crippen LogP contribution is -2.27. The first-order chi connectivity index (χ1) is 8.15. The number of amides is 1. The molecule has 5 heteroatoms. The Bertz CT molecular complexity index is 417. The number of carbonyl (C=O) groups is 1. The zero-order chi connectivity index (χ0) is 12.3. The van der Waals surface area contributed by atoms with Gasteiger partial charge < -0.3 is 10.6 Å². The molecule has 1 fully saturated rings. The molecule has 2 rings (SSSR count). The van der Waals surface area contributed by atoms with E-state index in [1.165, 1.54) is 0 Å². The van der Waals surface area contributed by atoms with E-state index in [2.05, 4.69) is 10.6 Å². The molecule has 0 spiro atoms. The molecule has 1 aromatic rings. The van der Waals surface area contributed by atoms with Crippen LogP contribution in [0.4, 0.5) is 5.69 Å². The van der Waals surface area contributed by atoms with Crippen LogP contribution in [0.25, 0.3) is 0 Å². The highest BCUT2D eigenvalue weighted by atomic mass is 35.5. The summed E-state index contributed by atoms with van der Waals surface area (Å²) in [4.78, 5) is 11.8. The molecule has 0 bridgehead atoms. The first kappa shape index (κ1) is 15.3. The van der Waals surface area contributed by atoms with Crippen LogP contribution in [0.1, 0.15) is 24.8 Å². The number of hydrogen-bond donors (Lipinski definition) is 2. The lowest BCUT2D eigenvalue weighted by molar-refractivity contribution is -0.116. The predicted octanol–water partition coefficient (Wildman–Crippen LogP) is 3.15. The molecule has 0 radical (unpaired) electrons. The zero-order valence-electron chi connectivity index (χ0n) is 10.3. The molecule has 1 unspecified atom stereocenters. The molecule has 0 aliphatic carbocycles. The number of benzene rings is 1. The van der Waals surface area contributed by atoms with Crippen LogP contribution in [0.15, 0.2) is 18.2 Å². The van der Waals surface area contributed by atoms with Crippen molar-refractivity contribution in [3.8, 4) is 0 Å². The van der Waals surface area contributed by atoms with Crippen LogP contribution in [0.2, 0.25) is 5.02 Å². The maximum atomic E-state index is 11.8. The smallest absolute Gasteiger partial charge is 0.225 e. The number of hydrogen-bond acceptors (Lipinski definition) is 2. The van der Waals surface area contributed by atoms with Crippen molar-refractivity contribution in [1.82, 2.24) is 5.32 Å². The fraction of sp³-hybridized carbons (Fsp3) is 0.462. The molecule has 3 nitrogen and oxygen atoms in total. The van der Waals surface area contributed by atoms with Crippen LogP contribution in [-0.2, 0) is 4.79 Å². The summed E-state index contributed by atoms with van der Waals surface area (Å²) in [7, 11) is 0. The second-order valence-electron chi connectivity index (χ2n) is 4.51. The van der Waals surface area contributed by atoms with Crippen molar-refractivity contribution in [1.29, 1.82) is 0 Å². The number of halogens is 2. The summed E-state index contributed by atoms with van der Waals surface area (Å²) < 4.78 is 0. The average Bonchev–Trinajstić information content (AvgIpc) is 2.76. The van der Waals surface area contributed by atoms with Crippen LogP contribution >= 0.6 is 24.0 Å². The summed E-state index contributed by atoms with van der Waals surface area (Å²) in [5, 5.41) is 6.86. The summed E-state index contributed by atoms with van der Waals surface area (Å²) in [6.07, 6.45) is 2.78. The van der Waals surface area contributed by atoms with Gasteiger partial charge in [0, 0.05) is 23.2 Å². The largest absolute Gasteiger partial charge is 0.326 e. The molecule has 1 saturated heterocycles. The van der Waals surface area contributed by atoms with E-state index >= 15 is 0 Å². The highest BCUT2D eigenvalue weighted by Gasteiger charge is 2.17. The summed E-state index contributed by atoms with van der Waals surface area (Å²) >= 11 is 6.00. The van der Waals surface area contributed by atoms with Crippen LogP contribution in [0.5, 0.6) is 0 Å². The Hall–Kier alpha value is -0.770. The predicted molar refractivity (Wildman–Crippen MR) is 77.7 cm³/mol. The van der Waals surface area contributed by atoms with Gasteiger partial charge in [-0.05, 0) is 44.0 Å². The summed E-state index contributed by atoms with van der Waals surface area (Å²) in [5.41, 5.74) is 1.78. The van der Waals surface area contributed by atoms with Gasteiger partial charge in [0.25, 0.3) is 0 Å². The second-order valence-corrected chi connectivity index (χ2v) is 4.92. The van der Waals surface area contributed by atoms with Crippen LogP contribution in [0.3, 0.4) is 0 Å². The first-order valence-electron chi connectivity index (χ1n) is 5.94. The maximum Gasteiger partial charge on any atom is 0.225 e. The fourth-order valence-electron chi connectivity index (χ4n) is 2.04. The van der Waals surface area contributed by atoms with Gasteiger partial charge in [-0.2, -0.15) is 0 Å². The average molecular weight is 289 g/mol. The molecule has 2 N–H and O–H groups in total. The normalized spacial score (nSPS) is 18.2. The number of aryl methyl sites for hydroxylation is 1. The first-order valence-corrected chi connectivity index (χ1v) is 6.32. The van der Waals surface area contributed by atoms with E-state index in [1.807, 2.05) is 19.1 Å². The molecule has 0 aromatic heterocycles. The van der Waals surface area contributed by atoms with Crippen LogP contribution in [0, 0.1) is 6.92 Å². The minimum absolute atomic E-state index is 0. The van der Waals surface area contributed by atoms with Gasteiger partial charge in [-0.3, -0.25) is 4.79 Å². The molecule has 1 heterocycles. The van der Waals surface area contributed by atoms with Crippen molar-refractivity contribution in [3.63, 3.8) is 0 Å². The van der Waals surface area contributed by atoms with Gasteiger partial charge in [0.15, 0.2) is 0 Å². The van der Waals surface area contributed by atoms with Crippen molar-refractivity contribution < 1.29 is 4.79 Å². The van der Waals surface area contributed by atoms with E-state index in [1.54, 1.807) is 6.07 Å². The van der Waals surface area contributed by atoms with Crippen molar-refractivity contribution in [2.45, 2.75) is 32.2 Å². The lowest BCUT2D eigenvalue weighted by atomic mass is 10.1. The Balaban J connectivity index is 0.00000162. The van der Waals surface area contributed by atoms with E-state index in [0.717, 1.165) is 30.6 Å². The van der Waals surface area contributed by atoms with Crippen LogP contribution < -0.4 is 10.6 Å². The Morgan fingerprint density at radius 1 is 1.56 bits per heavy atom. The standard InChI is InChI=1S/C13H17ClN2O.ClH/c1-9-4-5-11(7-12(9)14)16-13(17)8-10-3-2-6-15-10;/h4-5,7,10,15H,2-3,6,8H2,1H3,(H,16,17);1H. The zero-order valence-corrected chi connectivity index (χ0v) is 11.9. The quantitative estimate of drug-likeness (QED) is 0.897. The van der Waals surface area contributed by atoms with E-state index in [9.17, 15) is 4.79 Å². The van der Waals surface area contributed by atoms with Gasteiger partial charge in [-0.25, -0.2) is 0 Å². The topological polar surface area (TPSA) is 41.1 Å². The molecule has 1 aromatic carbocycles. The van der Waals surface area contributed by atoms with E-state index in [-0.39, 0.29) is 18.3 Å². The lowest BCUT2D eigenvalue weighted by Gasteiger charge is -2.11. The van der Waals surface area contributed by atoms with E-state index in [4.69, 9.17) is 11.6 Å². The third-order valence-corrected chi connectivity index (χ3v) is 3.46. The Morgan fingerprint density at radius 2 is 2.33 bits per heavy atom. The number of nitrogens with one attached hydrogen (secondary N) is 2. The van der Waals surface area contributed by atoms with Gasteiger partial charge in [-0.15, -0.1) is 12.4 Å². The molecule has 0 saturated carbocycles. The molecule has 1 aliphatic rings. The minimum Gasteiger partial charge on any atom is -0.326 e. The molecule has 1 atom stereocenters. The number of anilines is 1. The summed E-state index contributed by atoms with van der Waals surface area (Å²) in [6.45, 7) is 2.96. The summed E-state index contributed by atoms with van der Waals surface area (Å²) in [6, 6.07) is 5.90. The SMILES string of the molecule is Cc1ccc(NC(=O)CC2CCCN2)cc1Cl.Cl. The van der Waals surface area contributed by atoms with Gasteiger partial charge in [-0.1, -0.05) is 17.7 Å². The molecule has 1 amide bonds. The molecule has 18 heavy (non-hydrogen) atoms. The highest BCUT2D eigenvalue weighted by molar-refractivity contribution is 6.31. The monoisotopic (exact) mass is 288 g/mol. The third-order valence-electron chi connectivity index (χ3n) is 3.05. The van der Waals surface area contributed by atoms with Crippen LogP contribution in [-0.4, -0.2) is 18.5 Å². The van der Waals surface area contributed by atoms with Crippen molar-refractivity contribution in [3.05, 3.63) is 28.8 Å². The van der Waals surface area contributed by atoms with E-state index in [0.29, 0.717) is 17.5 Å². The maximum absolute atomic E-state index is 11.8. The molecular formula is C13H18Cl2N2O. The van der Waals surface area contributed by atoms with E-state index < -0.39 is 0 Å². The van der Waals surface area contributed by atoms with Crippen molar-refractivity contribution in [2.24, 2.45) is 0 Å². The Morgan fingerprint density at radius 3 is 2.94 bits per heavy atom. The molecule has 1 aliphatic heterocycles. The van der Waals surface area contributed by atoms with Gasteiger partial charge in [0.05, 0.1) is 0 Å².